The van der Waals surface area contributed by atoms with E-state index in [0.717, 1.165) is 30.4 Å². The van der Waals surface area contributed by atoms with Crippen LogP contribution in [0.3, 0.4) is 0 Å². The van der Waals surface area contributed by atoms with Crippen molar-refractivity contribution in [1.29, 1.82) is 0 Å². The van der Waals surface area contributed by atoms with Crippen LogP contribution in [0.2, 0.25) is 0 Å². The standard InChI is InChI=1S/C14H18N4O2S/c1-15-9-2-4-10(5-3-9)17-11-6-7-12-13(16-8-21-12)14(11)18(19)20/h6-10,15,17H,2-5H2,1H3. The fraction of sp³-hybridized carbons (Fsp3) is 0.500. The molecule has 7 heteroatoms. The highest BCUT2D eigenvalue weighted by molar-refractivity contribution is 7.16. The first kappa shape index (κ1) is 14.2. The predicted molar refractivity (Wildman–Crippen MR) is 85.0 cm³/mol. The second-order valence-corrected chi connectivity index (χ2v) is 6.29. The van der Waals surface area contributed by atoms with Crippen molar-refractivity contribution in [2.75, 3.05) is 12.4 Å². The van der Waals surface area contributed by atoms with Crippen LogP contribution < -0.4 is 10.6 Å². The van der Waals surface area contributed by atoms with E-state index in [2.05, 4.69) is 15.6 Å². The van der Waals surface area contributed by atoms with Gasteiger partial charge in [-0.05, 0) is 44.9 Å². The smallest absolute Gasteiger partial charge is 0.319 e. The molecule has 3 rings (SSSR count). The summed E-state index contributed by atoms with van der Waals surface area (Å²) in [6.07, 6.45) is 4.25. The van der Waals surface area contributed by atoms with Gasteiger partial charge in [-0.3, -0.25) is 10.1 Å². The summed E-state index contributed by atoms with van der Waals surface area (Å²) in [4.78, 5) is 15.2. The maximum absolute atomic E-state index is 11.4. The topological polar surface area (TPSA) is 80.1 Å². The largest absolute Gasteiger partial charge is 0.377 e. The number of nitrogens with one attached hydrogen (secondary N) is 2. The van der Waals surface area contributed by atoms with Crippen molar-refractivity contribution in [3.05, 3.63) is 27.8 Å². The summed E-state index contributed by atoms with van der Waals surface area (Å²) in [6.45, 7) is 0. The number of hydrogen-bond donors (Lipinski definition) is 2. The minimum atomic E-state index is -0.330. The Morgan fingerprint density at radius 2 is 2.00 bits per heavy atom. The molecule has 21 heavy (non-hydrogen) atoms. The highest BCUT2D eigenvalue weighted by Crippen LogP contribution is 2.35. The van der Waals surface area contributed by atoms with E-state index in [0.29, 0.717) is 23.3 Å². The Morgan fingerprint density at radius 1 is 1.29 bits per heavy atom. The molecular weight excluding hydrogens is 288 g/mol. The van der Waals surface area contributed by atoms with Gasteiger partial charge in [0.2, 0.25) is 0 Å². The van der Waals surface area contributed by atoms with Crippen molar-refractivity contribution in [2.45, 2.75) is 37.8 Å². The number of benzene rings is 1. The van der Waals surface area contributed by atoms with E-state index in [1.807, 2.05) is 19.2 Å². The normalized spacial score (nSPS) is 22.3. The maximum Gasteiger partial charge on any atom is 0.319 e. The Balaban J connectivity index is 1.84. The third kappa shape index (κ3) is 2.84. The lowest BCUT2D eigenvalue weighted by atomic mass is 9.91. The summed E-state index contributed by atoms with van der Waals surface area (Å²) in [5.41, 5.74) is 2.83. The van der Waals surface area contributed by atoms with Crippen molar-refractivity contribution in [2.24, 2.45) is 0 Å². The molecule has 0 spiro atoms. The molecular formula is C14H18N4O2S. The van der Waals surface area contributed by atoms with Gasteiger partial charge in [0.15, 0.2) is 5.52 Å². The average molecular weight is 306 g/mol. The van der Waals surface area contributed by atoms with Gasteiger partial charge in [-0.1, -0.05) is 0 Å². The molecule has 0 amide bonds. The van der Waals surface area contributed by atoms with Gasteiger partial charge in [-0.15, -0.1) is 11.3 Å². The zero-order chi connectivity index (χ0) is 14.8. The lowest BCUT2D eigenvalue weighted by Crippen LogP contribution is -2.35. The first-order valence-electron chi connectivity index (χ1n) is 7.13. The Kier molecular flexibility index (Phi) is 4.03. The van der Waals surface area contributed by atoms with E-state index in [4.69, 9.17) is 0 Å². The van der Waals surface area contributed by atoms with Gasteiger partial charge in [0.25, 0.3) is 0 Å². The number of rotatable bonds is 4. The van der Waals surface area contributed by atoms with Gasteiger partial charge >= 0.3 is 5.69 Å². The molecule has 2 aromatic rings. The van der Waals surface area contributed by atoms with Crippen LogP contribution in [0, 0.1) is 10.1 Å². The number of fused-ring (bicyclic) bond motifs is 1. The summed E-state index contributed by atoms with van der Waals surface area (Å²) in [5, 5.41) is 18.0. The van der Waals surface area contributed by atoms with Crippen LogP contribution in [0.15, 0.2) is 17.6 Å². The predicted octanol–water partition coefficient (Wildman–Crippen LogP) is 3.15. The molecule has 1 saturated carbocycles. The third-order valence-corrected chi connectivity index (χ3v) is 4.95. The molecule has 1 aromatic carbocycles. The SMILES string of the molecule is CNC1CCC(Nc2ccc3scnc3c2[N+](=O)[O-])CC1. The maximum atomic E-state index is 11.4. The molecule has 0 bridgehead atoms. The van der Waals surface area contributed by atoms with E-state index in [1.54, 1.807) is 5.51 Å². The molecule has 0 radical (unpaired) electrons. The van der Waals surface area contributed by atoms with Crippen molar-refractivity contribution < 1.29 is 4.92 Å². The second kappa shape index (κ2) is 5.95. The highest BCUT2D eigenvalue weighted by atomic mass is 32.1. The zero-order valence-corrected chi connectivity index (χ0v) is 12.7. The van der Waals surface area contributed by atoms with Crippen LogP contribution in [0.5, 0.6) is 0 Å². The number of hydrogen-bond acceptors (Lipinski definition) is 6. The summed E-state index contributed by atoms with van der Waals surface area (Å²) >= 11 is 1.43. The van der Waals surface area contributed by atoms with Crippen LogP contribution in [0.4, 0.5) is 11.4 Å². The van der Waals surface area contributed by atoms with Gasteiger partial charge in [0.05, 0.1) is 15.1 Å². The summed E-state index contributed by atoms with van der Waals surface area (Å²) in [7, 11) is 1.99. The van der Waals surface area contributed by atoms with Crippen molar-refractivity contribution in [3.63, 3.8) is 0 Å². The van der Waals surface area contributed by atoms with E-state index in [-0.39, 0.29) is 10.6 Å². The minimum absolute atomic E-state index is 0.101. The van der Waals surface area contributed by atoms with Crippen LogP contribution in [0.25, 0.3) is 10.2 Å². The van der Waals surface area contributed by atoms with Crippen LogP contribution in [-0.4, -0.2) is 29.0 Å². The molecule has 1 fully saturated rings. The Bertz CT molecular complexity index is 649. The van der Waals surface area contributed by atoms with E-state index >= 15 is 0 Å². The Labute approximate surface area is 126 Å². The Morgan fingerprint density at radius 3 is 2.67 bits per heavy atom. The summed E-state index contributed by atoms with van der Waals surface area (Å²) in [5.74, 6) is 0. The molecule has 0 atom stereocenters. The van der Waals surface area contributed by atoms with Crippen LogP contribution in [-0.2, 0) is 0 Å². The van der Waals surface area contributed by atoms with E-state index in [1.165, 1.54) is 11.3 Å². The monoisotopic (exact) mass is 306 g/mol. The van der Waals surface area contributed by atoms with Gasteiger partial charge in [-0.25, -0.2) is 4.98 Å². The highest BCUT2D eigenvalue weighted by Gasteiger charge is 2.25. The van der Waals surface area contributed by atoms with Crippen LogP contribution >= 0.6 is 11.3 Å². The fourth-order valence-corrected chi connectivity index (χ4v) is 3.64. The Hall–Kier alpha value is -1.73. The van der Waals surface area contributed by atoms with Gasteiger partial charge < -0.3 is 10.6 Å². The molecule has 2 N–H and O–H groups in total. The van der Waals surface area contributed by atoms with Gasteiger partial charge in [-0.2, -0.15) is 0 Å². The number of aromatic nitrogens is 1. The lowest BCUT2D eigenvalue weighted by molar-refractivity contribution is -0.382. The zero-order valence-electron chi connectivity index (χ0n) is 11.8. The van der Waals surface area contributed by atoms with E-state index < -0.39 is 0 Å². The van der Waals surface area contributed by atoms with Crippen LogP contribution in [0.1, 0.15) is 25.7 Å². The summed E-state index contributed by atoms with van der Waals surface area (Å²) < 4.78 is 0.853. The molecule has 0 unspecified atom stereocenters. The quantitative estimate of drug-likeness (QED) is 0.670. The molecule has 1 aliphatic carbocycles. The first-order chi connectivity index (χ1) is 10.2. The molecule has 112 valence electrons. The number of nitrogens with zero attached hydrogens (tertiary/aromatic N) is 2. The molecule has 0 saturated heterocycles. The molecule has 6 nitrogen and oxygen atoms in total. The van der Waals surface area contributed by atoms with Gasteiger partial charge in [0.1, 0.15) is 5.69 Å². The third-order valence-electron chi connectivity index (χ3n) is 4.15. The molecule has 0 aliphatic heterocycles. The van der Waals surface area contributed by atoms with Crippen molar-refractivity contribution >= 4 is 32.9 Å². The number of thiazole rings is 1. The second-order valence-electron chi connectivity index (χ2n) is 5.40. The molecule has 1 heterocycles. The van der Waals surface area contributed by atoms with Gasteiger partial charge in [0, 0.05) is 12.1 Å². The molecule has 1 aliphatic rings. The minimum Gasteiger partial charge on any atom is -0.377 e. The molecule has 1 aromatic heterocycles. The first-order valence-corrected chi connectivity index (χ1v) is 8.01. The van der Waals surface area contributed by atoms with Crippen molar-refractivity contribution in [3.8, 4) is 0 Å². The lowest BCUT2D eigenvalue weighted by Gasteiger charge is -2.29. The van der Waals surface area contributed by atoms with E-state index in [9.17, 15) is 10.1 Å². The summed E-state index contributed by atoms with van der Waals surface area (Å²) in [6, 6.07) is 4.58. The average Bonchev–Trinajstić information content (AvgIpc) is 2.95. The van der Waals surface area contributed by atoms with Crippen molar-refractivity contribution in [1.82, 2.24) is 10.3 Å². The fourth-order valence-electron chi connectivity index (χ4n) is 2.96. The number of nitro benzene ring substituents is 1. The number of anilines is 1. The number of nitro groups is 1.